The van der Waals surface area contributed by atoms with E-state index in [-0.39, 0.29) is 9.88 Å². The Morgan fingerprint density at radius 3 is 2.53 bits per heavy atom. The Kier molecular flexibility index (Phi) is 8.39. The van der Waals surface area contributed by atoms with E-state index < -0.39 is 48.7 Å². The van der Waals surface area contributed by atoms with Crippen LogP contribution in [-0.2, 0) is 4.79 Å². The number of thiazole rings is 2. The van der Waals surface area contributed by atoms with Gasteiger partial charge in [0.2, 0.25) is 11.7 Å². The first-order chi connectivity index (χ1) is 16.0. The van der Waals surface area contributed by atoms with Gasteiger partial charge in [-0.05, 0) is 19.4 Å². The van der Waals surface area contributed by atoms with Crippen LogP contribution in [0, 0.1) is 0 Å². The summed E-state index contributed by atoms with van der Waals surface area (Å²) in [7, 11) is 0. The number of Topliss-reactive ketones (excluding diaryl/α,β-unsaturated/α-hetero) is 1. The molecule has 2 amide bonds. The minimum atomic E-state index is -4.50. The largest absolute Gasteiger partial charge is 0.389 e. The van der Waals surface area contributed by atoms with Gasteiger partial charge in [-0.25, -0.2) is 9.97 Å². The zero-order chi connectivity index (χ0) is 24.9. The summed E-state index contributed by atoms with van der Waals surface area (Å²) in [5.41, 5.74) is 0.646. The van der Waals surface area contributed by atoms with Crippen LogP contribution in [0.1, 0.15) is 39.2 Å². The van der Waals surface area contributed by atoms with Crippen molar-refractivity contribution in [2.45, 2.75) is 38.0 Å². The zero-order valence-electron chi connectivity index (χ0n) is 17.6. The molecule has 0 aliphatic heterocycles. The lowest BCUT2D eigenvalue weighted by Gasteiger charge is -2.20. The number of carbonyl (C=O) groups excluding carboxylic acids is 3. The molecular weight excluding hydrogens is 513 g/mol. The van der Waals surface area contributed by atoms with Gasteiger partial charge in [-0.1, -0.05) is 29.8 Å². The monoisotopic (exact) mass is 530 g/mol. The minimum absolute atomic E-state index is 0.0130. The highest BCUT2D eigenvalue weighted by Gasteiger charge is 2.33. The number of nitrogens with zero attached hydrogens (tertiary/aromatic N) is 2. The van der Waals surface area contributed by atoms with E-state index in [1.165, 1.54) is 24.7 Å². The van der Waals surface area contributed by atoms with E-state index in [0.717, 1.165) is 22.7 Å². The van der Waals surface area contributed by atoms with Crippen molar-refractivity contribution >= 4 is 51.9 Å². The lowest BCUT2D eigenvalue weighted by molar-refractivity contribution is -0.137. The first-order valence-electron chi connectivity index (χ1n) is 9.87. The van der Waals surface area contributed by atoms with Crippen molar-refractivity contribution in [2.75, 3.05) is 0 Å². The van der Waals surface area contributed by atoms with Gasteiger partial charge < -0.3 is 10.6 Å². The predicted molar refractivity (Wildman–Crippen MR) is 123 cm³/mol. The van der Waals surface area contributed by atoms with Crippen molar-refractivity contribution in [3.63, 3.8) is 0 Å². The molecule has 7 nitrogen and oxygen atoms in total. The van der Waals surface area contributed by atoms with Crippen LogP contribution in [0.5, 0.6) is 0 Å². The van der Waals surface area contributed by atoms with Gasteiger partial charge in [-0.15, -0.1) is 22.7 Å². The highest BCUT2D eigenvalue weighted by atomic mass is 35.5. The molecule has 2 atom stereocenters. The molecule has 0 unspecified atom stereocenters. The molecule has 0 aliphatic carbocycles. The molecule has 3 aromatic rings. The van der Waals surface area contributed by atoms with E-state index in [4.69, 9.17) is 11.6 Å². The van der Waals surface area contributed by atoms with Crippen molar-refractivity contribution in [3.8, 4) is 10.6 Å². The first kappa shape index (κ1) is 25.8. The van der Waals surface area contributed by atoms with Crippen LogP contribution >= 0.6 is 34.3 Å². The van der Waals surface area contributed by atoms with Crippen molar-refractivity contribution in [1.29, 1.82) is 0 Å². The standard InChI is InChI=1S/C21H18ClF3N4O3S2/c1-11(28-18(32)15-10-27-19(34-15)12-4-2-3-5-13(12)22)17(31)29-14(6-7-21(23,24)25)16(30)20-26-8-9-33-20/h2-5,8-11,14H,6-7H2,1H3,(H,28,32)(H,29,31)/t11-,14-/m0/s1. The van der Waals surface area contributed by atoms with E-state index in [2.05, 4.69) is 20.6 Å². The van der Waals surface area contributed by atoms with Crippen molar-refractivity contribution in [1.82, 2.24) is 20.6 Å². The van der Waals surface area contributed by atoms with E-state index in [0.29, 0.717) is 15.6 Å². The summed E-state index contributed by atoms with van der Waals surface area (Å²) >= 11 is 8.17. The second-order valence-corrected chi connectivity index (χ2v) is 9.45. The topological polar surface area (TPSA) is 101 Å². The van der Waals surface area contributed by atoms with Gasteiger partial charge in [0.15, 0.2) is 5.01 Å². The van der Waals surface area contributed by atoms with Gasteiger partial charge in [0, 0.05) is 23.6 Å². The molecule has 2 heterocycles. The van der Waals surface area contributed by atoms with Crippen LogP contribution < -0.4 is 10.6 Å². The summed E-state index contributed by atoms with van der Waals surface area (Å²) in [6, 6.07) is 4.41. The lowest BCUT2D eigenvalue weighted by Crippen LogP contribution is -2.50. The molecule has 0 saturated heterocycles. The average Bonchev–Trinajstić information content (AvgIpc) is 3.48. The first-order valence-corrected chi connectivity index (χ1v) is 11.9. The van der Waals surface area contributed by atoms with Gasteiger partial charge in [0.05, 0.1) is 17.3 Å². The van der Waals surface area contributed by atoms with Crippen molar-refractivity contribution < 1.29 is 27.6 Å². The smallest absolute Gasteiger partial charge is 0.344 e. The maximum absolute atomic E-state index is 12.7. The SMILES string of the molecule is C[C@H](NC(=O)c1cnc(-c2ccccc2Cl)s1)C(=O)N[C@@H](CCC(F)(F)F)C(=O)c1nccs1. The third-order valence-corrected chi connectivity index (χ3v) is 6.71. The van der Waals surface area contributed by atoms with Crippen LogP contribution in [-0.4, -0.2) is 45.8 Å². The molecule has 0 bridgehead atoms. The van der Waals surface area contributed by atoms with Gasteiger partial charge in [0.25, 0.3) is 5.91 Å². The summed E-state index contributed by atoms with van der Waals surface area (Å²) in [6.07, 6.45) is -3.74. The second-order valence-electron chi connectivity index (χ2n) is 7.12. The quantitative estimate of drug-likeness (QED) is 0.389. The van der Waals surface area contributed by atoms with E-state index in [9.17, 15) is 27.6 Å². The van der Waals surface area contributed by atoms with Gasteiger partial charge in [-0.2, -0.15) is 13.2 Å². The summed E-state index contributed by atoms with van der Waals surface area (Å²) < 4.78 is 38.2. The van der Waals surface area contributed by atoms with E-state index >= 15 is 0 Å². The highest BCUT2D eigenvalue weighted by molar-refractivity contribution is 7.17. The van der Waals surface area contributed by atoms with Gasteiger partial charge >= 0.3 is 6.18 Å². The van der Waals surface area contributed by atoms with Crippen LogP contribution in [0.15, 0.2) is 42.0 Å². The van der Waals surface area contributed by atoms with Gasteiger partial charge in [-0.3, -0.25) is 14.4 Å². The molecule has 3 rings (SSSR count). The normalized spacial score (nSPS) is 13.2. The fourth-order valence-electron chi connectivity index (χ4n) is 2.84. The Hall–Kier alpha value is -2.83. The molecule has 2 N–H and O–H groups in total. The lowest BCUT2D eigenvalue weighted by atomic mass is 10.1. The Balaban J connectivity index is 1.65. The summed E-state index contributed by atoms with van der Waals surface area (Å²) in [4.78, 5) is 45.9. The maximum atomic E-state index is 12.7. The number of ketones is 1. The van der Waals surface area contributed by atoms with Crippen LogP contribution in [0.3, 0.4) is 0 Å². The molecule has 1 aromatic carbocycles. The fraction of sp³-hybridized carbons (Fsp3) is 0.286. The number of amides is 2. The van der Waals surface area contributed by atoms with Crippen molar-refractivity contribution in [3.05, 3.63) is 56.9 Å². The molecular formula is C21H18ClF3N4O3S2. The molecule has 180 valence electrons. The highest BCUT2D eigenvalue weighted by Crippen LogP contribution is 2.31. The Bertz CT molecular complexity index is 1170. The van der Waals surface area contributed by atoms with Crippen LogP contribution in [0.25, 0.3) is 10.6 Å². The second kappa shape index (κ2) is 11.1. The predicted octanol–water partition coefficient (Wildman–Crippen LogP) is 4.75. The number of alkyl halides is 3. The number of benzene rings is 1. The Morgan fingerprint density at radius 2 is 1.88 bits per heavy atom. The molecule has 13 heteroatoms. The number of aromatic nitrogens is 2. The molecule has 34 heavy (non-hydrogen) atoms. The molecule has 0 saturated carbocycles. The fourth-order valence-corrected chi connectivity index (χ4v) is 4.61. The van der Waals surface area contributed by atoms with Gasteiger partial charge in [0.1, 0.15) is 15.9 Å². The number of rotatable bonds is 9. The molecule has 0 spiro atoms. The Labute approximate surface area is 205 Å². The maximum Gasteiger partial charge on any atom is 0.389 e. The minimum Gasteiger partial charge on any atom is -0.344 e. The molecule has 2 aromatic heterocycles. The zero-order valence-corrected chi connectivity index (χ0v) is 19.9. The van der Waals surface area contributed by atoms with Crippen LogP contribution in [0.2, 0.25) is 5.02 Å². The number of halogens is 4. The summed E-state index contributed by atoms with van der Waals surface area (Å²) in [6.45, 7) is 1.36. The van der Waals surface area contributed by atoms with Crippen LogP contribution in [0.4, 0.5) is 13.2 Å². The average molecular weight is 531 g/mol. The third kappa shape index (κ3) is 6.84. The van der Waals surface area contributed by atoms with E-state index in [1.807, 2.05) is 0 Å². The third-order valence-electron chi connectivity index (χ3n) is 4.57. The summed E-state index contributed by atoms with van der Waals surface area (Å²) in [5, 5.41) is 7.24. The molecule has 0 fully saturated rings. The summed E-state index contributed by atoms with van der Waals surface area (Å²) in [5.74, 6) is -2.13. The number of hydrogen-bond acceptors (Lipinski definition) is 7. The molecule has 0 radical (unpaired) electrons. The number of nitrogens with one attached hydrogen (secondary N) is 2. The molecule has 0 aliphatic rings. The number of carbonyl (C=O) groups is 3. The Morgan fingerprint density at radius 1 is 1.15 bits per heavy atom. The number of hydrogen-bond donors (Lipinski definition) is 2. The van der Waals surface area contributed by atoms with E-state index in [1.54, 1.807) is 24.3 Å². The van der Waals surface area contributed by atoms with Crippen molar-refractivity contribution in [2.24, 2.45) is 0 Å².